The Hall–Kier alpha value is -3.01. The molecule has 0 heterocycles. The van der Waals surface area contributed by atoms with Crippen LogP contribution in [-0.4, -0.2) is 94.0 Å². The first-order valence-electron chi connectivity index (χ1n) is 13.9. The lowest BCUT2D eigenvalue weighted by Gasteiger charge is -2.50. The number of aryl methyl sites for hydroxylation is 1. The monoisotopic (exact) mass is 554 g/mol. The minimum absolute atomic E-state index is 0.0678. The molecule has 0 aliphatic heterocycles. The highest BCUT2D eigenvalue weighted by molar-refractivity contribution is 6.25. The van der Waals surface area contributed by atoms with Crippen molar-refractivity contribution in [3.63, 3.8) is 0 Å². The van der Waals surface area contributed by atoms with E-state index in [0.717, 1.165) is 24.1 Å². The summed E-state index contributed by atoms with van der Waals surface area (Å²) >= 11 is 0. The Kier molecular flexibility index (Phi) is 7.81. The molecule has 4 N–H and O–H groups in total. The van der Waals surface area contributed by atoms with Gasteiger partial charge in [0.15, 0.2) is 17.2 Å². The van der Waals surface area contributed by atoms with E-state index in [2.05, 4.69) is 4.90 Å². The first kappa shape index (κ1) is 30.0. The van der Waals surface area contributed by atoms with Gasteiger partial charge in [-0.2, -0.15) is 0 Å². The summed E-state index contributed by atoms with van der Waals surface area (Å²) in [5.41, 5.74) is -1.86. The van der Waals surface area contributed by atoms with Crippen LogP contribution in [0.4, 0.5) is 0 Å². The molecule has 3 aliphatic carbocycles. The quantitative estimate of drug-likeness (QED) is 0.375. The Morgan fingerprint density at radius 1 is 1.07 bits per heavy atom. The van der Waals surface area contributed by atoms with Crippen LogP contribution in [0.25, 0.3) is 5.76 Å². The fourth-order valence-electron chi connectivity index (χ4n) is 6.73. The van der Waals surface area contributed by atoms with Gasteiger partial charge < -0.3 is 25.3 Å². The van der Waals surface area contributed by atoms with Gasteiger partial charge in [0.2, 0.25) is 5.78 Å². The van der Waals surface area contributed by atoms with Gasteiger partial charge in [0.05, 0.1) is 11.6 Å². The van der Waals surface area contributed by atoms with Gasteiger partial charge in [-0.25, -0.2) is 0 Å². The van der Waals surface area contributed by atoms with Crippen molar-refractivity contribution in [1.29, 1.82) is 0 Å². The lowest BCUT2D eigenvalue weighted by atomic mass is 9.57. The van der Waals surface area contributed by atoms with Crippen molar-refractivity contribution in [2.45, 2.75) is 64.5 Å². The molecule has 1 fully saturated rings. The summed E-state index contributed by atoms with van der Waals surface area (Å²) in [6.45, 7) is 6.30. The van der Waals surface area contributed by atoms with Crippen LogP contribution in [-0.2, 0) is 27.2 Å². The van der Waals surface area contributed by atoms with Crippen molar-refractivity contribution < 1.29 is 34.8 Å². The third-order valence-electron chi connectivity index (χ3n) is 8.48. The fourth-order valence-corrected chi connectivity index (χ4v) is 6.73. The van der Waals surface area contributed by atoms with Crippen LogP contribution in [0.5, 0.6) is 5.75 Å². The van der Waals surface area contributed by atoms with E-state index in [0.29, 0.717) is 12.8 Å². The van der Waals surface area contributed by atoms with E-state index in [1.807, 2.05) is 40.9 Å². The highest BCUT2D eigenvalue weighted by atomic mass is 16.3. The second kappa shape index (κ2) is 10.4. The van der Waals surface area contributed by atoms with E-state index in [9.17, 15) is 34.8 Å². The zero-order valence-electron chi connectivity index (χ0n) is 24.5. The zero-order valence-corrected chi connectivity index (χ0v) is 24.5. The van der Waals surface area contributed by atoms with Gasteiger partial charge in [-0.15, -0.1) is 0 Å². The maximum absolute atomic E-state index is 14.1. The van der Waals surface area contributed by atoms with Gasteiger partial charge >= 0.3 is 0 Å². The van der Waals surface area contributed by atoms with Crippen LogP contribution >= 0.6 is 0 Å². The molecule has 4 rings (SSSR count). The highest BCUT2D eigenvalue weighted by Crippen LogP contribution is 2.53. The van der Waals surface area contributed by atoms with E-state index in [1.54, 1.807) is 19.0 Å². The number of aliphatic hydroxyl groups is 3. The summed E-state index contributed by atoms with van der Waals surface area (Å²) in [7, 11) is 7.25. The Balaban J connectivity index is 1.87. The summed E-state index contributed by atoms with van der Waals surface area (Å²) in [5.74, 6) is -5.32. The standard InChI is InChI=1S/C31H42N2O7/c1-30(2,3)15-21(35)24-27(37)25(33(6)7)19-14-17-13-18-16(9-8-12-32(4)5)10-11-20(34)23(18)26(36)22(17)28(38)31(19,40)29(24)39/h10-11,17,19,25,34,36,39-40H,8-9,12-15H2,1-7H3/t17-,19-,25-,31-/m0/s1. The number of likely N-dealkylation sites (N-methyl/N-ethyl adjacent to an activating group) is 1. The molecule has 0 spiro atoms. The largest absolute Gasteiger partial charge is 0.508 e. The number of carbonyl (C=O) groups excluding carboxylic acids is 3. The summed E-state index contributed by atoms with van der Waals surface area (Å²) < 4.78 is 0. The van der Waals surface area contributed by atoms with E-state index in [4.69, 9.17) is 0 Å². The minimum Gasteiger partial charge on any atom is -0.508 e. The van der Waals surface area contributed by atoms with Gasteiger partial charge in [-0.1, -0.05) is 26.8 Å². The van der Waals surface area contributed by atoms with Crippen molar-refractivity contribution >= 4 is 23.1 Å². The number of benzene rings is 1. The third-order valence-corrected chi connectivity index (χ3v) is 8.48. The average molecular weight is 555 g/mol. The molecule has 9 heteroatoms. The molecule has 0 saturated heterocycles. The number of aromatic hydroxyl groups is 1. The first-order chi connectivity index (χ1) is 18.5. The van der Waals surface area contributed by atoms with Gasteiger partial charge in [0.25, 0.3) is 0 Å². The number of phenolic OH excluding ortho intramolecular Hbond substituents is 1. The molecule has 0 unspecified atom stereocenters. The van der Waals surface area contributed by atoms with E-state index >= 15 is 0 Å². The number of phenols is 1. The molecule has 218 valence electrons. The molecule has 0 amide bonds. The third kappa shape index (κ3) is 4.88. The molecule has 9 nitrogen and oxygen atoms in total. The Morgan fingerprint density at radius 2 is 1.73 bits per heavy atom. The highest BCUT2D eigenvalue weighted by Gasteiger charge is 2.64. The molecule has 0 radical (unpaired) electrons. The maximum atomic E-state index is 14.1. The Labute approximate surface area is 235 Å². The number of rotatable bonds is 7. The molecule has 40 heavy (non-hydrogen) atoms. The molecular formula is C31H42N2O7. The number of Topliss-reactive ketones (excluding diaryl/α,β-unsaturated/α-hetero) is 3. The number of carbonyl (C=O) groups is 3. The predicted molar refractivity (Wildman–Crippen MR) is 151 cm³/mol. The molecular weight excluding hydrogens is 512 g/mol. The number of nitrogens with zero attached hydrogens (tertiary/aromatic N) is 2. The first-order valence-corrected chi connectivity index (χ1v) is 13.9. The van der Waals surface area contributed by atoms with Gasteiger partial charge in [0, 0.05) is 17.9 Å². The molecule has 3 aliphatic rings. The van der Waals surface area contributed by atoms with Crippen molar-refractivity contribution in [2.75, 3.05) is 34.7 Å². The van der Waals surface area contributed by atoms with Crippen molar-refractivity contribution in [3.05, 3.63) is 45.7 Å². The SMILES string of the molecule is CN(C)CCCc1ccc(O)c2c1C[C@H]1C[C@H]3[C@H](N(C)C)C(=O)C(C(=O)CC(C)(C)C)=C(O)[C@@]3(O)C(=O)C1=C2O. The average Bonchev–Trinajstić information content (AvgIpc) is 2.81. The zero-order chi connectivity index (χ0) is 29.9. The number of hydrogen-bond acceptors (Lipinski definition) is 9. The van der Waals surface area contributed by atoms with Gasteiger partial charge in [0.1, 0.15) is 22.8 Å². The lowest BCUT2D eigenvalue weighted by Crippen LogP contribution is -2.65. The normalized spacial score (nSPS) is 26.8. The minimum atomic E-state index is -2.57. The van der Waals surface area contributed by atoms with Gasteiger partial charge in [-0.05, 0) is 88.9 Å². The maximum Gasteiger partial charge on any atom is 0.202 e. The number of fused-ring (bicyclic) bond motifs is 3. The Morgan fingerprint density at radius 3 is 2.30 bits per heavy atom. The number of hydrogen-bond donors (Lipinski definition) is 4. The summed E-state index contributed by atoms with van der Waals surface area (Å²) in [4.78, 5) is 44.7. The lowest BCUT2D eigenvalue weighted by molar-refractivity contribution is -0.153. The van der Waals surface area contributed by atoms with Crippen molar-refractivity contribution in [2.24, 2.45) is 17.3 Å². The van der Waals surface area contributed by atoms with E-state index < -0.39 is 63.3 Å². The second-order valence-electron chi connectivity index (χ2n) is 13.3. The van der Waals surface area contributed by atoms with Crippen molar-refractivity contribution in [3.8, 4) is 5.75 Å². The molecule has 4 atom stereocenters. The topological polar surface area (TPSA) is 139 Å². The second-order valence-corrected chi connectivity index (χ2v) is 13.3. The summed E-state index contributed by atoms with van der Waals surface area (Å²) in [6, 6.07) is 2.29. The molecule has 1 aromatic carbocycles. The van der Waals surface area contributed by atoms with Crippen LogP contribution in [0.15, 0.2) is 29.0 Å². The fraction of sp³-hybridized carbons (Fsp3) is 0.581. The van der Waals surface area contributed by atoms with E-state index in [1.165, 1.54) is 6.07 Å². The van der Waals surface area contributed by atoms with Crippen LogP contribution in [0.1, 0.15) is 56.7 Å². The van der Waals surface area contributed by atoms with Gasteiger partial charge in [-0.3, -0.25) is 19.3 Å². The van der Waals surface area contributed by atoms with Crippen LogP contribution < -0.4 is 0 Å². The molecule has 1 aromatic rings. The molecule has 0 bridgehead atoms. The smallest absolute Gasteiger partial charge is 0.202 e. The molecule has 0 aromatic heterocycles. The van der Waals surface area contributed by atoms with Crippen LogP contribution in [0.2, 0.25) is 0 Å². The predicted octanol–water partition coefficient (Wildman–Crippen LogP) is 2.98. The van der Waals surface area contributed by atoms with E-state index in [-0.39, 0.29) is 29.7 Å². The molecule has 1 saturated carbocycles. The Bertz CT molecular complexity index is 1320. The van der Waals surface area contributed by atoms with Crippen LogP contribution in [0, 0.1) is 17.3 Å². The number of ketones is 3. The number of aliphatic hydroxyl groups excluding tert-OH is 2. The van der Waals surface area contributed by atoms with Crippen molar-refractivity contribution in [1.82, 2.24) is 9.80 Å². The summed E-state index contributed by atoms with van der Waals surface area (Å²) in [5, 5.41) is 45.5. The summed E-state index contributed by atoms with van der Waals surface area (Å²) in [6.07, 6.45) is 1.94. The van der Waals surface area contributed by atoms with Crippen LogP contribution in [0.3, 0.4) is 0 Å².